The average molecular weight is 795 g/mol. The standard InChI is InChI=1S/C57H38N4O/c1-4-16-39(17-5-1)40-28-32-44(33-29-40)59(46-36-37-52-54(38-46)62-53-27-15-14-26-51(53)60(52)42-18-6-2-7-19-42)45-34-30-41(31-35-45)57-58-55-49-24-12-10-22-47(49)48-23-11-13-25-50(48)56(55)61(57)43-20-8-3-9-21-43/h1-38H. The Morgan fingerprint density at radius 3 is 1.56 bits per heavy atom. The molecule has 0 atom stereocenters. The van der Waals surface area contributed by atoms with Crippen LogP contribution in [0.4, 0.5) is 34.1 Å². The molecule has 11 aromatic rings. The van der Waals surface area contributed by atoms with Gasteiger partial charge in [0, 0.05) is 50.8 Å². The van der Waals surface area contributed by atoms with Crippen molar-refractivity contribution in [2.45, 2.75) is 0 Å². The lowest BCUT2D eigenvalue weighted by Crippen LogP contribution is -2.16. The summed E-state index contributed by atoms with van der Waals surface area (Å²) in [6, 6.07) is 81.3. The second-order valence-electron chi connectivity index (χ2n) is 15.6. The maximum atomic E-state index is 6.71. The second kappa shape index (κ2) is 14.7. The van der Waals surface area contributed by atoms with Gasteiger partial charge in [0.05, 0.1) is 22.4 Å². The van der Waals surface area contributed by atoms with Crippen LogP contribution in [0.5, 0.6) is 11.5 Å². The number of ether oxygens (including phenoxy) is 1. The van der Waals surface area contributed by atoms with Crippen LogP contribution in [0, 0.1) is 0 Å². The molecule has 1 aromatic heterocycles. The number of aromatic nitrogens is 2. The summed E-state index contributed by atoms with van der Waals surface area (Å²) < 4.78 is 9.04. The van der Waals surface area contributed by atoms with Gasteiger partial charge in [0.25, 0.3) is 0 Å². The van der Waals surface area contributed by atoms with Crippen molar-refractivity contribution < 1.29 is 4.74 Å². The molecule has 1 aliphatic rings. The van der Waals surface area contributed by atoms with Crippen LogP contribution in [0.1, 0.15) is 0 Å². The Hall–Kier alpha value is -8.41. The zero-order valence-electron chi connectivity index (χ0n) is 33.6. The fourth-order valence-electron chi connectivity index (χ4n) is 9.11. The summed E-state index contributed by atoms with van der Waals surface area (Å²) in [4.78, 5) is 10.1. The van der Waals surface area contributed by atoms with Gasteiger partial charge < -0.3 is 14.5 Å². The number of hydrogen-bond acceptors (Lipinski definition) is 4. The first-order valence-corrected chi connectivity index (χ1v) is 21.0. The van der Waals surface area contributed by atoms with Crippen LogP contribution in [0.2, 0.25) is 0 Å². The molecule has 5 heteroatoms. The van der Waals surface area contributed by atoms with E-state index in [1.54, 1.807) is 0 Å². The Balaban J connectivity index is 1.02. The summed E-state index contributed by atoms with van der Waals surface area (Å²) in [5, 5.41) is 4.73. The van der Waals surface area contributed by atoms with E-state index in [-0.39, 0.29) is 0 Å². The molecule has 0 fully saturated rings. The average Bonchev–Trinajstić information content (AvgIpc) is 3.76. The molecule has 0 radical (unpaired) electrons. The third kappa shape index (κ3) is 5.90. The zero-order valence-corrected chi connectivity index (χ0v) is 33.6. The number of imidazole rings is 1. The lowest BCUT2D eigenvalue weighted by Gasteiger charge is -2.34. The highest BCUT2D eigenvalue weighted by molar-refractivity contribution is 6.24. The van der Waals surface area contributed by atoms with Gasteiger partial charge in [-0.15, -0.1) is 0 Å². The van der Waals surface area contributed by atoms with Crippen molar-refractivity contribution in [1.29, 1.82) is 0 Å². The smallest absolute Gasteiger partial charge is 0.153 e. The predicted octanol–water partition coefficient (Wildman–Crippen LogP) is 15.7. The van der Waals surface area contributed by atoms with Crippen LogP contribution >= 0.6 is 0 Å². The molecule has 0 amide bonds. The molecule has 0 bridgehead atoms. The fourth-order valence-corrected chi connectivity index (χ4v) is 9.11. The van der Waals surface area contributed by atoms with E-state index in [4.69, 9.17) is 9.72 Å². The number of fused-ring (bicyclic) bond motifs is 8. The third-order valence-electron chi connectivity index (χ3n) is 11.9. The van der Waals surface area contributed by atoms with Crippen LogP contribution in [0.25, 0.3) is 60.8 Å². The number of rotatable bonds is 7. The number of hydrogen-bond donors (Lipinski definition) is 0. The van der Waals surface area contributed by atoms with Crippen molar-refractivity contribution in [2.24, 2.45) is 0 Å². The van der Waals surface area contributed by atoms with Gasteiger partial charge in [0.2, 0.25) is 0 Å². The van der Waals surface area contributed by atoms with E-state index in [1.807, 2.05) is 18.2 Å². The summed E-state index contributed by atoms with van der Waals surface area (Å²) in [5.74, 6) is 2.48. The molecule has 0 saturated carbocycles. The van der Waals surface area contributed by atoms with E-state index in [1.165, 1.54) is 21.7 Å². The highest BCUT2D eigenvalue weighted by Gasteiger charge is 2.27. The predicted molar refractivity (Wildman–Crippen MR) is 256 cm³/mol. The minimum absolute atomic E-state index is 0.781. The van der Waals surface area contributed by atoms with Gasteiger partial charge in [-0.2, -0.15) is 0 Å². The van der Waals surface area contributed by atoms with E-state index < -0.39 is 0 Å². The molecule has 0 aliphatic carbocycles. The molecular weight excluding hydrogens is 757 g/mol. The lowest BCUT2D eigenvalue weighted by atomic mass is 10.00. The molecule has 10 aromatic carbocycles. The molecule has 62 heavy (non-hydrogen) atoms. The van der Waals surface area contributed by atoms with Crippen LogP contribution in [-0.2, 0) is 0 Å². The summed E-state index contributed by atoms with van der Waals surface area (Å²) in [6.07, 6.45) is 0. The first-order chi connectivity index (χ1) is 30.8. The van der Waals surface area contributed by atoms with Gasteiger partial charge in [-0.1, -0.05) is 140 Å². The third-order valence-corrected chi connectivity index (χ3v) is 11.9. The van der Waals surface area contributed by atoms with Gasteiger partial charge >= 0.3 is 0 Å². The summed E-state index contributed by atoms with van der Waals surface area (Å²) in [6.45, 7) is 0. The molecule has 2 heterocycles. The quantitative estimate of drug-likeness (QED) is 0.151. The van der Waals surface area contributed by atoms with Crippen molar-refractivity contribution in [3.05, 3.63) is 231 Å². The molecule has 5 nitrogen and oxygen atoms in total. The van der Waals surface area contributed by atoms with Gasteiger partial charge in [-0.25, -0.2) is 4.98 Å². The summed E-state index contributed by atoms with van der Waals surface area (Å²) >= 11 is 0. The minimum atomic E-state index is 0.781. The van der Waals surface area contributed by atoms with E-state index in [9.17, 15) is 0 Å². The normalized spacial score (nSPS) is 12.0. The Labute approximate surface area is 359 Å². The molecule has 292 valence electrons. The van der Waals surface area contributed by atoms with Gasteiger partial charge in [-0.05, 0) is 107 Å². The fraction of sp³-hybridized carbons (Fsp3) is 0. The van der Waals surface area contributed by atoms with Gasteiger partial charge in [0.1, 0.15) is 5.82 Å². The lowest BCUT2D eigenvalue weighted by molar-refractivity contribution is 0.477. The Morgan fingerprint density at radius 2 is 0.871 bits per heavy atom. The van der Waals surface area contributed by atoms with Gasteiger partial charge in [0.15, 0.2) is 11.5 Å². The number of para-hydroxylation sites is 4. The van der Waals surface area contributed by atoms with E-state index >= 15 is 0 Å². The van der Waals surface area contributed by atoms with Crippen molar-refractivity contribution in [2.75, 3.05) is 9.80 Å². The Kier molecular flexibility index (Phi) is 8.42. The zero-order chi connectivity index (χ0) is 41.0. The summed E-state index contributed by atoms with van der Waals surface area (Å²) in [5.41, 5.74) is 12.6. The molecule has 0 unspecified atom stereocenters. The minimum Gasteiger partial charge on any atom is -0.453 e. The van der Waals surface area contributed by atoms with Crippen molar-refractivity contribution in [3.8, 4) is 39.7 Å². The second-order valence-corrected chi connectivity index (χ2v) is 15.6. The van der Waals surface area contributed by atoms with E-state index in [0.29, 0.717) is 0 Å². The van der Waals surface area contributed by atoms with Crippen LogP contribution < -0.4 is 14.5 Å². The maximum absolute atomic E-state index is 6.71. The van der Waals surface area contributed by atoms with Crippen LogP contribution in [0.15, 0.2) is 231 Å². The first-order valence-electron chi connectivity index (χ1n) is 21.0. The van der Waals surface area contributed by atoms with Crippen molar-refractivity contribution in [1.82, 2.24) is 9.55 Å². The number of benzene rings is 10. The molecule has 0 saturated heterocycles. The van der Waals surface area contributed by atoms with E-state index in [0.717, 1.165) is 84.7 Å². The largest absolute Gasteiger partial charge is 0.453 e. The SMILES string of the molecule is c1ccc(-c2ccc(N(c3ccc(-c4nc5c6ccccc6c6ccccc6c5n4-c4ccccc4)cc3)c3ccc4c(c3)Oc3ccccc3N4c3ccccc3)cc2)cc1. The molecule has 0 spiro atoms. The highest BCUT2D eigenvalue weighted by Crippen LogP contribution is 2.52. The summed E-state index contributed by atoms with van der Waals surface area (Å²) in [7, 11) is 0. The topological polar surface area (TPSA) is 33.5 Å². The van der Waals surface area contributed by atoms with E-state index in [2.05, 4.69) is 227 Å². The number of nitrogens with zero attached hydrogens (tertiary/aromatic N) is 4. The van der Waals surface area contributed by atoms with Crippen LogP contribution in [0.3, 0.4) is 0 Å². The van der Waals surface area contributed by atoms with Crippen molar-refractivity contribution >= 4 is 66.7 Å². The number of anilines is 6. The van der Waals surface area contributed by atoms with Gasteiger partial charge in [-0.3, -0.25) is 4.57 Å². The Morgan fingerprint density at radius 1 is 0.371 bits per heavy atom. The molecule has 12 rings (SSSR count). The van der Waals surface area contributed by atoms with Crippen molar-refractivity contribution in [3.63, 3.8) is 0 Å². The molecular formula is C57H38N4O. The first kappa shape index (κ1) is 35.5. The maximum Gasteiger partial charge on any atom is 0.153 e. The van der Waals surface area contributed by atoms with Crippen LogP contribution in [-0.4, -0.2) is 9.55 Å². The monoisotopic (exact) mass is 794 g/mol. The molecule has 0 N–H and O–H groups in total. The molecule has 1 aliphatic heterocycles. The highest BCUT2D eigenvalue weighted by atomic mass is 16.5. The Bertz CT molecular complexity index is 3420.